The van der Waals surface area contributed by atoms with Crippen molar-refractivity contribution in [2.45, 2.75) is 0 Å². The molecule has 0 aromatic heterocycles. The van der Waals surface area contributed by atoms with E-state index in [4.69, 9.17) is 5.41 Å². The van der Waals surface area contributed by atoms with Gasteiger partial charge in [0, 0.05) is 0 Å². The molecular formula is CH7CaN3. The van der Waals surface area contributed by atoms with Crippen LogP contribution in [0.2, 0.25) is 0 Å². The molecule has 3 nitrogen and oxygen atoms in total. The third-order valence-electron chi connectivity index (χ3n) is 0. The minimum absolute atomic E-state index is 0. The van der Waals surface area contributed by atoms with Gasteiger partial charge in [-0.15, -0.1) is 0 Å². The van der Waals surface area contributed by atoms with Crippen molar-refractivity contribution in [2.75, 3.05) is 0 Å². The van der Waals surface area contributed by atoms with Crippen LogP contribution < -0.4 is 11.5 Å². The second-order valence-corrected chi connectivity index (χ2v) is 0.455. The molecule has 0 atom stereocenters. The van der Waals surface area contributed by atoms with Gasteiger partial charge in [-0.3, -0.25) is 5.41 Å². The fraction of sp³-hybridized carbons (Fsp3) is 0. The van der Waals surface area contributed by atoms with Crippen molar-refractivity contribution in [2.24, 2.45) is 11.5 Å². The second kappa shape index (κ2) is 4.53. The molecule has 4 heteroatoms. The van der Waals surface area contributed by atoms with E-state index in [0.717, 1.165) is 0 Å². The maximum absolute atomic E-state index is 6.06. The zero-order chi connectivity index (χ0) is 3.58. The van der Waals surface area contributed by atoms with E-state index in [9.17, 15) is 0 Å². The first-order valence-corrected chi connectivity index (χ1v) is 0.827. The summed E-state index contributed by atoms with van der Waals surface area (Å²) in [7, 11) is 0. The van der Waals surface area contributed by atoms with E-state index >= 15 is 0 Å². The van der Waals surface area contributed by atoms with E-state index < -0.39 is 0 Å². The molecule has 0 amide bonds. The molecule has 5 heavy (non-hydrogen) atoms. The molecule has 0 aromatic carbocycles. The van der Waals surface area contributed by atoms with Crippen molar-refractivity contribution in [3.8, 4) is 0 Å². The molecule has 0 saturated carbocycles. The van der Waals surface area contributed by atoms with Gasteiger partial charge < -0.3 is 11.5 Å². The normalized spacial score (nSPS) is 4.80. The molecule has 0 heterocycles. The van der Waals surface area contributed by atoms with E-state index in [1.54, 1.807) is 0 Å². The molecule has 0 aromatic rings. The summed E-state index contributed by atoms with van der Waals surface area (Å²) in [6, 6.07) is 0. The van der Waals surface area contributed by atoms with Crippen LogP contribution in [0.15, 0.2) is 0 Å². The number of nitrogens with one attached hydrogen (secondary N) is 1. The van der Waals surface area contributed by atoms with Gasteiger partial charge in [-0.05, 0) is 0 Å². The Labute approximate surface area is 60.2 Å². The molecule has 0 rings (SSSR count). The SMILES string of the molecule is N=C(N)N.[CaH2]. The number of guanidine groups is 1. The molecule has 0 aliphatic heterocycles. The first kappa shape index (κ1) is 9.11. The fourth-order valence-electron chi connectivity index (χ4n) is 0. The summed E-state index contributed by atoms with van der Waals surface area (Å²) in [5, 5.41) is 6.06. The first-order chi connectivity index (χ1) is 1.73. The van der Waals surface area contributed by atoms with Gasteiger partial charge in [0.1, 0.15) is 0 Å². The molecule has 0 aliphatic carbocycles. The number of hydrogen-bond donors (Lipinski definition) is 3. The summed E-state index contributed by atoms with van der Waals surface area (Å²) < 4.78 is 0. The molecular weight excluding hydrogens is 94.1 g/mol. The number of rotatable bonds is 0. The van der Waals surface area contributed by atoms with Gasteiger partial charge in [0.05, 0.1) is 0 Å². The summed E-state index contributed by atoms with van der Waals surface area (Å²) in [5.74, 6) is -0.333. The molecule has 28 valence electrons. The van der Waals surface area contributed by atoms with E-state index in [1.165, 1.54) is 0 Å². The second-order valence-electron chi connectivity index (χ2n) is 0.455. The average Bonchev–Trinajstić information content (AvgIpc) is 0.811. The van der Waals surface area contributed by atoms with Crippen LogP contribution >= 0.6 is 0 Å². The maximum atomic E-state index is 6.06. The quantitative estimate of drug-likeness (QED) is 0.186. The van der Waals surface area contributed by atoms with Crippen LogP contribution in [-0.4, -0.2) is 43.7 Å². The van der Waals surface area contributed by atoms with Gasteiger partial charge in [-0.25, -0.2) is 0 Å². The Hall–Kier alpha value is 0.530. The van der Waals surface area contributed by atoms with Gasteiger partial charge in [-0.1, -0.05) is 0 Å². The standard InChI is InChI=1S/CH5N3.Ca.2H/c2-1(3)4;;;/h(H5,2,3,4);;;. The van der Waals surface area contributed by atoms with Gasteiger partial charge >= 0.3 is 37.7 Å². The Morgan fingerprint density at radius 3 is 1.40 bits per heavy atom. The molecule has 0 spiro atoms. The van der Waals surface area contributed by atoms with Gasteiger partial charge in [0.25, 0.3) is 0 Å². The van der Waals surface area contributed by atoms with E-state index in [1.807, 2.05) is 0 Å². The molecule has 0 unspecified atom stereocenters. The summed E-state index contributed by atoms with van der Waals surface area (Å²) >= 11 is 0. The van der Waals surface area contributed by atoms with Crippen molar-refractivity contribution in [3.63, 3.8) is 0 Å². The molecule has 0 fully saturated rings. The fourth-order valence-corrected chi connectivity index (χ4v) is 0. The van der Waals surface area contributed by atoms with Crippen LogP contribution in [0.5, 0.6) is 0 Å². The average molecular weight is 101 g/mol. The summed E-state index contributed by atoms with van der Waals surface area (Å²) in [5.41, 5.74) is 8.94. The molecule has 0 aliphatic rings. The zero-order valence-corrected chi connectivity index (χ0v) is 2.15. The topological polar surface area (TPSA) is 75.9 Å². The Morgan fingerprint density at radius 1 is 1.40 bits per heavy atom. The van der Waals surface area contributed by atoms with Crippen molar-refractivity contribution in [1.82, 2.24) is 0 Å². The zero-order valence-electron chi connectivity index (χ0n) is 2.15. The van der Waals surface area contributed by atoms with Gasteiger partial charge in [-0.2, -0.15) is 0 Å². The van der Waals surface area contributed by atoms with Gasteiger partial charge in [0.2, 0.25) is 0 Å². The molecule has 0 radical (unpaired) electrons. The predicted molar refractivity (Wildman–Crippen MR) is 24.6 cm³/mol. The molecule has 5 N–H and O–H groups in total. The third-order valence-corrected chi connectivity index (χ3v) is 0. The van der Waals surface area contributed by atoms with Crippen LogP contribution in [0.25, 0.3) is 0 Å². The Morgan fingerprint density at radius 2 is 1.40 bits per heavy atom. The summed E-state index contributed by atoms with van der Waals surface area (Å²) in [6.45, 7) is 0. The van der Waals surface area contributed by atoms with E-state index in [-0.39, 0.29) is 43.7 Å². The Bertz CT molecular complexity index is 29.9. The van der Waals surface area contributed by atoms with Crippen LogP contribution in [0, 0.1) is 5.41 Å². The third kappa shape index (κ3) is 103. The predicted octanol–water partition coefficient (Wildman–Crippen LogP) is -2.08. The van der Waals surface area contributed by atoms with Gasteiger partial charge in [0.15, 0.2) is 5.96 Å². The minimum atomic E-state index is -0.333. The number of nitrogens with two attached hydrogens (primary N) is 2. The summed E-state index contributed by atoms with van der Waals surface area (Å²) in [6.07, 6.45) is 0. The Balaban J connectivity index is 0. The van der Waals surface area contributed by atoms with Crippen molar-refractivity contribution in [3.05, 3.63) is 0 Å². The Kier molecular flexibility index (Phi) is 8.25. The van der Waals surface area contributed by atoms with Crippen molar-refractivity contribution >= 4 is 43.7 Å². The van der Waals surface area contributed by atoms with Crippen LogP contribution in [0.3, 0.4) is 0 Å². The van der Waals surface area contributed by atoms with E-state index in [0.29, 0.717) is 0 Å². The summed E-state index contributed by atoms with van der Waals surface area (Å²) in [4.78, 5) is 0. The monoisotopic (exact) mass is 101 g/mol. The molecule has 0 bridgehead atoms. The van der Waals surface area contributed by atoms with Crippen LogP contribution in [0.1, 0.15) is 0 Å². The first-order valence-electron chi connectivity index (χ1n) is 0.827. The molecule has 0 saturated heterocycles. The number of hydrogen-bond acceptors (Lipinski definition) is 1. The van der Waals surface area contributed by atoms with E-state index in [2.05, 4.69) is 11.5 Å². The van der Waals surface area contributed by atoms with Crippen molar-refractivity contribution in [1.29, 1.82) is 5.41 Å². The van der Waals surface area contributed by atoms with Crippen molar-refractivity contribution < 1.29 is 0 Å². The van der Waals surface area contributed by atoms with Crippen LogP contribution in [0.4, 0.5) is 0 Å². The van der Waals surface area contributed by atoms with Crippen LogP contribution in [-0.2, 0) is 0 Å².